The van der Waals surface area contributed by atoms with Gasteiger partial charge in [-0.2, -0.15) is 4.57 Å². The second-order valence-electron chi connectivity index (χ2n) is 8.35. The van der Waals surface area contributed by atoms with Crippen molar-refractivity contribution in [2.75, 3.05) is 0 Å². The molecule has 0 fully saturated rings. The highest BCUT2D eigenvalue weighted by molar-refractivity contribution is 6.07. The highest BCUT2D eigenvalue weighted by atomic mass is 15.1. The van der Waals surface area contributed by atoms with Gasteiger partial charge in [-0.25, -0.2) is 0 Å². The number of hydrogen-bond acceptors (Lipinski definition) is 0. The lowest BCUT2D eigenvalue weighted by atomic mass is 9.60. The molecule has 1 aromatic heterocycles. The minimum Gasteiger partial charge on any atom is -0.188 e. The normalized spacial score (nSPS) is 24.0. The molecule has 140 valence electrons. The number of nitrogens with zero attached hydrogens (tertiary/aromatic N) is 1. The second kappa shape index (κ2) is 6.48. The van der Waals surface area contributed by atoms with Crippen LogP contribution in [0.2, 0.25) is 0 Å². The Morgan fingerprint density at radius 3 is 2.52 bits per heavy atom. The van der Waals surface area contributed by atoms with Crippen LogP contribution in [0.1, 0.15) is 64.5 Å². The monoisotopic (exact) mass is 358 g/mol. The maximum Gasteiger partial charge on any atom is 0.221 e. The van der Waals surface area contributed by atoms with Crippen LogP contribution in [0.3, 0.4) is 0 Å². The lowest BCUT2D eigenvalue weighted by Crippen LogP contribution is -2.67. The SMILES string of the molecule is C=CC1(CC)[n+]2cccc3ccc4c(CCCC)ccc(c4c32)C1(C)CC. The van der Waals surface area contributed by atoms with E-state index in [-0.39, 0.29) is 11.0 Å². The molecule has 0 bridgehead atoms. The van der Waals surface area contributed by atoms with Crippen molar-refractivity contribution in [1.29, 1.82) is 0 Å². The number of benzene rings is 2. The zero-order valence-electron chi connectivity index (χ0n) is 17.3. The maximum atomic E-state index is 4.33. The summed E-state index contributed by atoms with van der Waals surface area (Å²) in [4.78, 5) is 0. The van der Waals surface area contributed by atoms with E-state index in [1.54, 1.807) is 0 Å². The van der Waals surface area contributed by atoms with Gasteiger partial charge in [0.2, 0.25) is 5.52 Å². The minimum atomic E-state index is -0.104. The van der Waals surface area contributed by atoms with E-state index in [2.05, 4.69) is 87.5 Å². The Balaban J connectivity index is 2.22. The summed E-state index contributed by atoms with van der Waals surface area (Å²) in [6.07, 6.45) is 10.3. The Bertz CT molecular complexity index is 1030. The van der Waals surface area contributed by atoms with Gasteiger partial charge in [0, 0.05) is 17.9 Å². The summed E-state index contributed by atoms with van der Waals surface area (Å²) in [5.74, 6) is 0. The van der Waals surface area contributed by atoms with Crippen molar-refractivity contribution in [3.63, 3.8) is 0 Å². The molecule has 0 saturated carbocycles. The van der Waals surface area contributed by atoms with Crippen LogP contribution in [-0.2, 0) is 17.4 Å². The van der Waals surface area contributed by atoms with Crippen LogP contribution in [0, 0.1) is 0 Å². The van der Waals surface area contributed by atoms with Gasteiger partial charge in [-0.05, 0) is 60.9 Å². The first-order valence-electron chi connectivity index (χ1n) is 10.6. The third kappa shape index (κ3) is 2.21. The fourth-order valence-electron chi connectivity index (χ4n) is 5.61. The largest absolute Gasteiger partial charge is 0.221 e. The van der Waals surface area contributed by atoms with E-state index < -0.39 is 0 Å². The number of hydrogen-bond donors (Lipinski definition) is 0. The van der Waals surface area contributed by atoms with Gasteiger partial charge in [0.15, 0.2) is 11.7 Å². The van der Waals surface area contributed by atoms with Crippen molar-refractivity contribution in [2.45, 2.75) is 70.8 Å². The van der Waals surface area contributed by atoms with Gasteiger partial charge in [0.25, 0.3) is 0 Å². The predicted molar refractivity (Wildman–Crippen MR) is 116 cm³/mol. The number of unbranched alkanes of at least 4 members (excludes halogenated alkanes) is 1. The van der Waals surface area contributed by atoms with Crippen LogP contribution in [-0.4, -0.2) is 0 Å². The van der Waals surface area contributed by atoms with E-state index in [9.17, 15) is 0 Å². The van der Waals surface area contributed by atoms with E-state index in [0.29, 0.717) is 0 Å². The number of aryl methyl sites for hydroxylation is 1. The molecule has 3 aromatic rings. The molecule has 0 spiro atoms. The molecule has 0 amide bonds. The molecule has 1 aliphatic rings. The van der Waals surface area contributed by atoms with E-state index in [1.165, 1.54) is 45.6 Å². The average Bonchev–Trinajstić information content (AvgIpc) is 2.72. The maximum absolute atomic E-state index is 4.33. The first-order chi connectivity index (χ1) is 13.1. The van der Waals surface area contributed by atoms with Crippen LogP contribution >= 0.6 is 0 Å². The van der Waals surface area contributed by atoms with E-state index in [0.717, 1.165) is 19.3 Å². The minimum absolute atomic E-state index is 0.0261. The highest BCUT2D eigenvalue weighted by Gasteiger charge is 2.56. The van der Waals surface area contributed by atoms with Crippen molar-refractivity contribution < 1.29 is 4.57 Å². The number of allylic oxidation sites excluding steroid dienone is 1. The van der Waals surface area contributed by atoms with Crippen LogP contribution in [0.5, 0.6) is 0 Å². The van der Waals surface area contributed by atoms with E-state index in [4.69, 9.17) is 0 Å². The molecule has 1 nitrogen and oxygen atoms in total. The van der Waals surface area contributed by atoms with Gasteiger partial charge in [0.1, 0.15) is 0 Å². The number of pyridine rings is 1. The van der Waals surface area contributed by atoms with Gasteiger partial charge < -0.3 is 0 Å². The molecule has 2 unspecified atom stereocenters. The molecule has 27 heavy (non-hydrogen) atoms. The van der Waals surface area contributed by atoms with Crippen molar-refractivity contribution in [3.05, 3.63) is 66.4 Å². The standard InChI is InChI=1S/C26H32N/c1-6-10-12-19-15-17-22-23-21(19)16-14-20-13-11-18-27(24(20)23)26(8-3,9-4)25(22,5)7-2/h8,11,13-18H,3,6-7,9-10,12H2,1-2,4-5H3/q+1. The second-order valence-corrected chi connectivity index (χ2v) is 8.35. The fourth-order valence-corrected chi connectivity index (χ4v) is 5.61. The van der Waals surface area contributed by atoms with Crippen molar-refractivity contribution in [3.8, 4) is 0 Å². The lowest BCUT2D eigenvalue weighted by Gasteiger charge is -2.45. The summed E-state index contributed by atoms with van der Waals surface area (Å²) < 4.78 is 2.54. The van der Waals surface area contributed by atoms with Gasteiger partial charge in [0.05, 0.1) is 10.8 Å². The molecule has 1 aliphatic heterocycles. The van der Waals surface area contributed by atoms with Crippen LogP contribution in [0.15, 0.2) is 55.3 Å². The van der Waals surface area contributed by atoms with Gasteiger partial charge >= 0.3 is 0 Å². The Labute approximate surface area is 163 Å². The molecule has 2 aromatic carbocycles. The summed E-state index contributed by atoms with van der Waals surface area (Å²) in [7, 11) is 0. The molecule has 2 heterocycles. The van der Waals surface area contributed by atoms with Gasteiger partial charge in [-0.1, -0.05) is 52.0 Å². The molecule has 0 radical (unpaired) electrons. The highest BCUT2D eigenvalue weighted by Crippen LogP contribution is 2.50. The van der Waals surface area contributed by atoms with Crippen LogP contribution in [0.25, 0.3) is 21.7 Å². The van der Waals surface area contributed by atoms with E-state index in [1.807, 2.05) is 0 Å². The lowest BCUT2D eigenvalue weighted by molar-refractivity contribution is -0.741. The zero-order valence-corrected chi connectivity index (χ0v) is 17.3. The molecule has 0 aliphatic carbocycles. The zero-order chi connectivity index (χ0) is 19.2. The smallest absolute Gasteiger partial charge is 0.188 e. The molecular formula is C26H32N+. The predicted octanol–water partition coefficient (Wildman–Crippen LogP) is 6.60. The van der Waals surface area contributed by atoms with E-state index >= 15 is 0 Å². The summed E-state index contributed by atoms with van der Waals surface area (Å²) in [6.45, 7) is 13.7. The molecule has 1 heteroatoms. The quantitative estimate of drug-likeness (QED) is 0.266. The Hall–Kier alpha value is -2.15. The topological polar surface area (TPSA) is 3.88 Å². The van der Waals surface area contributed by atoms with Gasteiger partial charge in [-0.3, -0.25) is 0 Å². The molecule has 2 atom stereocenters. The third-order valence-corrected chi connectivity index (χ3v) is 7.39. The van der Waals surface area contributed by atoms with Crippen molar-refractivity contribution >= 4 is 21.7 Å². The molecule has 0 N–H and O–H groups in total. The summed E-state index contributed by atoms with van der Waals surface area (Å²) in [5.41, 5.74) is 4.30. The fraction of sp³-hybridized carbons (Fsp3) is 0.423. The summed E-state index contributed by atoms with van der Waals surface area (Å²) in [5, 5.41) is 4.25. The Morgan fingerprint density at radius 1 is 1.04 bits per heavy atom. The number of aromatic nitrogens is 1. The van der Waals surface area contributed by atoms with Crippen molar-refractivity contribution in [2.24, 2.45) is 0 Å². The first kappa shape index (κ1) is 18.2. The molecule has 4 rings (SSSR count). The summed E-state index contributed by atoms with van der Waals surface area (Å²) in [6, 6.07) is 14.0. The van der Waals surface area contributed by atoms with Gasteiger partial charge in [-0.15, -0.1) is 0 Å². The Morgan fingerprint density at radius 2 is 1.85 bits per heavy atom. The number of rotatable bonds is 6. The Kier molecular flexibility index (Phi) is 4.37. The molecular weight excluding hydrogens is 326 g/mol. The van der Waals surface area contributed by atoms with Crippen molar-refractivity contribution in [1.82, 2.24) is 0 Å². The first-order valence-corrected chi connectivity index (χ1v) is 10.6. The summed E-state index contributed by atoms with van der Waals surface area (Å²) >= 11 is 0. The average molecular weight is 359 g/mol. The molecule has 0 saturated heterocycles. The van der Waals surface area contributed by atoms with Crippen LogP contribution in [0.4, 0.5) is 0 Å². The third-order valence-electron chi connectivity index (χ3n) is 7.39. The van der Waals surface area contributed by atoms with Crippen LogP contribution < -0.4 is 4.57 Å².